The molecular weight excluding hydrogens is 418 g/mol. The maximum atomic E-state index is 13.6. The molecule has 1 aliphatic carbocycles. The second-order valence-corrected chi connectivity index (χ2v) is 9.90. The van der Waals surface area contributed by atoms with E-state index in [2.05, 4.69) is 44.2 Å². The van der Waals surface area contributed by atoms with Gasteiger partial charge in [-0.1, -0.05) is 102 Å². The summed E-state index contributed by atoms with van der Waals surface area (Å²) in [7, 11) is 0. The summed E-state index contributed by atoms with van der Waals surface area (Å²) in [5, 5.41) is 9.76. The van der Waals surface area contributed by atoms with Gasteiger partial charge in [-0.05, 0) is 60.9 Å². The van der Waals surface area contributed by atoms with E-state index in [4.69, 9.17) is 4.74 Å². The Balaban J connectivity index is 1.67. The smallest absolute Gasteiger partial charge is 0.321 e. The first-order valence-electron chi connectivity index (χ1n) is 13.5. The van der Waals surface area contributed by atoms with Crippen LogP contribution in [0.1, 0.15) is 113 Å². The molecule has 1 aliphatic rings. The Bertz CT molecular complexity index is 948. The lowest BCUT2D eigenvalue weighted by atomic mass is 9.69. The van der Waals surface area contributed by atoms with Crippen LogP contribution in [0, 0.1) is 11.3 Å². The maximum Gasteiger partial charge on any atom is 0.321 e. The Kier molecular flexibility index (Phi) is 10.2. The molecule has 1 fully saturated rings. The minimum Gasteiger partial charge on any atom is -0.424 e. The van der Waals surface area contributed by atoms with Crippen molar-refractivity contribution in [3.05, 3.63) is 64.7 Å². The van der Waals surface area contributed by atoms with Gasteiger partial charge in [-0.3, -0.25) is 4.79 Å². The van der Waals surface area contributed by atoms with Gasteiger partial charge in [0.25, 0.3) is 0 Å². The average Bonchev–Trinajstić information content (AvgIpc) is 2.89. The molecule has 0 N–H and O–H groups in total. The third-order valence-electron chi connectivity index (χ3n) is 7.45. The van der Waals surface area contributed by atoms with Crippen LogP contribution >= 0.6 is 0 Å². The number of unbranched alkanes of at least 4 members (excludes halogenated alkanes) is 6. The van der Waals surface area contributed by atoms with Crippen molar-refractivity contribution in [1.29, 1.82) is 5.26 Å². The number of carbonyl (C=O) groups excluding carboxylic acids is 1. The first-order chi connectivity index (χ1) is 16.6. The summed E-state index contributed by atoms with van der Waals surface area (Å²) < 4.78 is 5.96. The average molecular weight is 460 g/mol. The Morgan fingerprint density at radius 1 is 0.882 bits per heavy atom. The van der Waals surface area contributed by atoms with E-state index < -0.39 is 5.41 Å². The van der Waals surface area contributed by atoms with E-state index in [-0.39, 0.29) is 5.97 Å². The zero-order valence-electron chi connectivity index (χ0n) is 21.2. The predicted octanol–water partition coefficient (Wildman–Crippen LogP) is 8.22. The fraction of sp³-hybridized carbons (Fsp3) is 0.548. The lowest BCUT2D eigenvalue weighted by molar-refractivity contribution is -0.142. The molecule has 3 heteroatoms. The molecule has 0 atom stereocenters. The highest BCUT2D eigenvalue weighted by Crippen LogP contribution is 2.41. The number of benzene rings is 2. The van der Waals surface area contributed by atoms with E-state index in [9.17, 15) is 10.1 Å². The second kappa shape index (κ2) is 13.3. The number of hydrogen-bond acceptors (Lipinski definition) is 3. The Morgan fingerprint density at radius 3 is 2.18 bits per heavy atom. The third-order valence-corrected chi connectivity index (χ3v) is 7.45. The van der Waals surface area contributed by atoms with Crippen molar-refractivity contribution in [2.24, 2.45) is 0 Å². The molecule has 182 valence electrons. The van der Waals surface area contributed by atoms with Gasteiger partial charge < -0.3 is 4.74 Å². The fourth-order valence-electron chi connectivity index (χ4n) is 5.22. The van der Waals surface area contributed by atoms with Crippen LogP contribution < -0.4 is 4.74 Å². The molecule has 34 heavy (non-hydrogen) atoms. The largest absolute Gasteiger partial charge is 0.424 e. The lowest BCUT2D eigenvalue weighted by Gasteiger charge is -2.35. The van der Waals surface area contributed by atoms with Gasteiger partial charge in [0.2, 0.25) is 0 Å². The van der Waals surface area contributed by atoms with Crippen LogP contribution in [0.5, 0.6) is 5.75 Å². The molecule has 2 aromatic rings. The molecule has 0 bridgehead atoms. The zero-order valence-corrected chi connectivity index (χ0v) is 21.2. The summed E-state index contributed by atoms with van der Waals surface area (Å²) in [6.45, 7) is 4.38. The number of esters is 1. The van der Waals surface area contributed by atoms with Crippen LogP contribution in [-0.4, -0.2) is 5.97 Å². The number of nitriles is 1. The van der Waals surface area contributed by atoms with Crippen molar-refractivity contribution < 1.29 is 9.53 Å². The SMILES string of the molecule is CCCCCCCCCc1ccc(OC(=O)C2(c3ccc(CC)cc3)CCCCC2)c(C#N)c1. The Morgan fingerprint density at radius 2 is 1.53 bits per heavy atom. The number of aryl methyl sites for hydroxylation is 2. The molecule has 0 spiro atoms. The summed E-state index contributed by atoms with van der Waals surface area (Å²) in [6, 6.07) is 16.5. The summed E-state index contributed by atoms with van der Waals surface area (Å²) in [5.74, 6) is 0.179. The van der Waals surface area contributed by atoms with Gasteiger partial charge in [0.15, 0.2) is 0 Å². The van der Waals surface area contributed by atoms with Crippen molar-refractivity contribution in [2.75, 3.05) is 0 Å². The van der Waals surface area contributed by atoms with Crippen LogP contribution in [0.15, 0.2) is 42.5 Å². The minimum atomic E-state index is -0.617. The molecule has 0 aromatic heterocycles. The number of nitrogens with zero attached hydrogens (tertiary/aromatic N) is 1. The third kappa shape index (κ3) is 6.72. The highest BCUT2D eigenvalue weighted by atomic mass is 16.5. The van der Waals surface area contributed by atoms with Crippen LogP contribution in [0.2, 0.25) is 0 Å². The molecule has 2 aromatic carbocycles. The van der Waals surface area contributed by atoms with Gasteiger partial charge in [0.1, 0.15) is 11.8 Å². The molecule has 0 heterocycles. The van der Waals surface area contributed by atoms with Gasteiger partial charge in [-0.15, -0.1) is 0 Å². The van der Waals surface area contributed by atoms with E-state index in [1.807, 2.05) is 18.2 Å². The lowest BCUT2D eigenvalue weighted by Crippen LogP contribution is -2.41. The molecule has 3 rings (SSSR count). The van der Waals surface area contributed by atoms with E-state index in [1.54, 1.807) is 0 Å². The van der Waals surface area contributed by atoms with Gasteiger partial charge in [-0.25, -0.2) is 0 Å². The van der Waals surface area contributed by atoms with E-state index >= 15 is 0 Å². The van der Waals surface area contributed by atoms with Crippen molar-refractivity contribution in [3.63, 3.8) is 0 Å². The summed E-state index contributed by atoms with van der Waals surface area (Å²) >= 11 is 0. The molecular formula is C31H41NO2. The number of hydrogen-bond donors (Lipinski definition) is 0. The molecule has 3 nitrogen and oxygen atoms in total. The molecule has 0 radical (unpaired) electrons. The molecule has 0 aliphatic heterocycles. The normalized spacial score (nSPS) is 15.0. The standard InChI is InChI=1S/C31H41NO2/c1-3-5-6-7-8-9-11-14-26-17-20-29(27(23-26)24-32)34-30(33)31(21-12-10-13-22-31)28-18-15-25(4-2)16-19-28/h15-20,23H,3-14,21-22H2,1-2H3. The van der Waals surface area contributed by atoms with Crippen LogP contribution in [0.3, 0.4) is 0 Å². The van der Waals surface area contributed by atoms with Gasteiger partial charge >= 0.3 is 5.97 Å². The Labute approximate surface area is 206 Å². The first kappa shape index (κ1) is 26.0. The van der Waals surface area contributed by atoms with Crippen molar-refractivity contribution in [1.82, 2.24) is 0 Å². The van der Waals surface area contributed by atoms with Crippen molar-refractivity contribution in [3.8, 4) is 11.8 Å². The van der Waals surface area contributed by atoms with Crippen molar-refractivity contribution in [2.45, 2.75) is 109 Å². The fourth-order valence-corrected chi connectivity index (χ4v) is 5.22. The molecule has 1 saturated carbocycles. The highest BCUT2D eigenvalue weighted by molar-refractivity contribution is 5.85. The van der Waals surface area contributed by atoms with Crippen LogP contribution in [-0.2, 0) is 23.1 Å². The zero-order chi connectivity index (χ0) is 24.2. The van der Waals surface area contributed by atoms with E-state index in [1.165, 1.54) is 44.1 Å². The van der Waals surface area contributed by atoms with Gasteiger partial charge in [-0.2, -0.15) is 5.26 Å². The van der Waals surface area contributed by atoms with E-state index in [0.717, 1.165) is 62.5 Å². The van der Waals surface area contributed by atoms with Crippen LogP contribution in [0.4, 0.5) is 0 Å². The van der Waals surface area contributed by atoms with Crippen molar-refractivity contribution >= 4 is 5.97 Å². The summed E-state index contributed by atoms with van der Waals surface area (Å²) in [5.41, 5.74) is 3.30. The summed E-state index contributed by atoms with van der Waals surface area (Å²) in [4.78, 5) is 13.6. The van der Waals surface area contributed by atoms with Gasteiger partial charge in [0.05, 0.1) is 11.0 Å². The molecule has 0 amide bonds. The molecule has 0 unspecified atom stereocenters. The quantitative estimate of drug-likeness (QED) is 0.182. The van der Waals surface area contributed by atoms with Crippen LogP contribution in [0.25, 0.3) is 0 Å². The predicted molar refractivity (Wildman–Crippen MR) is 139 cm³/mol. The summed E-state index contributed by atoms with van der Waals surface area (Å²) in [6.07, 6.45) is 15.6. The number of ether oxygens (including phenoxy) is 1. The minimum absolute atomic E-state index is 0.215. The maximum absolute atomic E-state index is 13.6. The highest BCUT2D eigenvalue weighted by Gasteiger charge is 2.43. The van der Waals surface area contributed by atoms with E-state index in [0.29, 0.717) is 11.3 Å². The number of carbonyl (C=O) groups is 1. The Hall–Kier alpha value is -2.60. The monoisotopic (exact) mass is 459 g/mol. The second-order valence-electron chi connectivity index (χ2n) is 9.90. The molecule has 0 saturated heterocycles. The first-order valence-corrected chi connectivity index (χ1v) is 13.5. The number of rotatable bonds is 12. The van der Waals surface area contributed by atoms with Gasteiger partial charge in [0, 0.05) is 0 Å². The topological polar surface area (TPSA) is 50.1 Å².